The Kier molecular flexibility index (Phi) is 1.70. The molecule has 0 aromatic carbocycles. The molecule has 3 rings (SSSR count). The second kappa shape index (κ2) is 2.82. The molecule has 72 valence electrons. The Labute approximate surface area is 93.5 Å². The van der Waals surface area contributed by atoms with Crippen LogP contribution in [0.15, 0.2) is 11.0 Å². The summed E-state index contributed by atoms with van der Waals surface area (Å²) in [5, 5.41) is 0.733. The van der Waals surface area contributed by atoms with Gasteiger partial charge in [-0.1, -0.05) is 0 Å². The number of nitrogens with zero attached hydrogens (tertiary/aromatic N) is 2. The first-order valence-corrected chi connectivity index (χ1v) is 5.61. The molecule has 1 aliphatic heterocycles. The molecule has 0 fully saturated rings. The highest BCUT2D eigenvalue weighted by atomic mass is 127. The summed E-state index contributed by atoms with van der Waals surface area (Å²) in [6.45, 7) is 0.818. The van der Waals surface area contributed by atoms with Crippen molar-refractivity contribution in [3.05, 3.63) is 25.9 Å². The number of hydrogen-bond acceptors (Lipinski definition) is 2. The van der Waals surface area contributed by atoms with E-state index in [0.29, 0.717) is 0 Å². The minimum atomic E-state index is 0.105. The van der Waals surface area contributed by atoms with E-state index in [1.165, 1.54) is 0 Å². The summed E-state index contributed by atoms with van der Waals surface area (Å²) in [4.78, 5) is 19.5. The van der Waals surface area contributed by atoms with Crippen LogP contribution in [0.1, 0.15) is 12.2 Å². The molecule has 1 N–H and O–H groups in total. The number of aromatic amines is 1. The summed E-state index contributed by atoms with van der Waals surface area (Å²) in [5.41, 5.74) is 0.834. The smallest absolute Gasteiger partial charge is 0.264 e. The molecule has 1 aliphatic rings. The first-order chi connectivity index (χ1) is 6.77. The molecule has 14 heavy (non-hydrogen) atoms. The third-order valence-corrected chi connectivity index (χ3v) is 3.46. The standard InChI is InChI=1S/C9H8IN3O/c10-5-4-11-8-7(5)9(14)13-3-1-2-6(13)12-8/h4,11H,1-3H2. The molecular formula is C9H8IN3O. The first kappa shape index (κ1) is 8.46. The molecule has 5 heteroatoms. The fourth-order valence-electron chi connectivity index (χ4n) is 1.94. The predicted molar refractivity (Wildman–Crippen MR) is 61.4 cm³/mol. The summed E-state index contributed by atoms with van der Waals surface area (Å²) >= 11 is 2.16. The fourth-order valence-corrected chi connectivity index (χ4v) is 2.58. The number of rotatable bonds is 0. The van der Waals surface area contributed by atoms with Gasteiger partial charge in [0, 0.05) is 22.7 Å². The van der Waals surface area contributed by atoms with Crippen LogP contribution in [0.25, 0.3) is 11.0 Å². The molecular weight excluding hydrogens is 293 g/mol. The van der Waals surface area contributed by atoms with Crippen molar-refractivity contribution >= 4 is 33.6 Å². The van der Waals surface area contributed by atoms with Crippen LogP contribution in [0.5, 0.6) is 0 Å². The average molecular weight is 301 g/mol. The molecule has 0 amide bonds. The maximum Gasteiger partial charge on any atom is 0.264 e. The van der Waals surface area contributed by atoms with E-state index in [2.05, 4.69) is 32.6 Å². The zero-order valence-electron chi connectivity index (χ0n) is 7.38. The third kappa shape index (κ3) is 0.985. The molecule has 2 aromatic rings. The second-order valence-corrected chi connectivity index (χ2v) is 4.61. The van der Waals surface area contributed by atoms with Gasteiger partial charge in [0.25, 0.3) is 5.56 Å². The molecule has 0 saturated carbocycles. The Hall–Kier alpha value is -0.850. The Balaban J connectivity index is 2.53. The van der Waals surface area contributed by atoms with Crippen molar-refractivity contribution in [2.24, 2.45) is 0 Å². The van der Waals surface area contributed by atoms with E-state index >= 15 is 0 Å². The van der Waals surface area contributed by atoms with Gasteiger partial charge in [-0.3, -0.25) is 9.36 Å². The molecule has 0 spiro atoms. The summed E-state index contributed by atoms with van der Waals surface area (Å²) in [7, 11) is 0. The van der Waals surface area contributed by atoms with E-state index in [-0.39, 0.29) is 5.56 Å². The van der Waals surface area contributed by atoms with Crippen LogP contribution in [0.3, 0.4) is 0 Å². The van der Waals surface area contributed by atoms with Gasteiger partial charge in [0.1, 0.15) is 11.5 Å². The number of hydrogen-bond donors (Lipinski definition) is 1. The number of fused-ring (bicyclic) bond motifs is 2. The van der Waals surface area contributed by atoms with Gasteiger partial charge in [-0.2, -0.15) is 0 Å². The summed E-state index contributed by atoms with van der Waals surface area (Å²) in [6, 6.07) is 0. The number of nitrogens with one attached hydrogen (secondary N) is 1. The van der Waals surface area contributed by atoms with Crippen LogP contribution in [0, 0.1) is 3.57 Å². The fraction of sp³-hybridized carbons (Fsp3) is 0.333. The van der Waals surface area contributed by atoms with Crippen LogP contribution in [0.4, 0.5) is 0 Å². The summed E-state index contributed by atoms with van der Waals surface area (Å²) in [6.07, 6.45) is 3.78. The van der Waals surface area contributed by atoms with Crippen molar-refractivity contribution in [3.63, 3.8) is 0 Å². The van der Waals surface area contributed by atoms with Crippen LogP contribution in [-0.4, -0.2) is 14.5 Å². The van der Waals surface area contributed by atoms with Gasteiger partial charge in [0.05, 0.1) is 5.39 Å². The molecule has 0 unspecified atom stereocenters. The summed E-state index contributed by atoms with van der Waals surface area (Å²) in [5.74, 6) is 0.917. The largest absolute Gasteiger partial charge is 0.345 e. The molecule has 0 bridgehead atoms. The van der Waals surface area contributed by atoms with Crippen molar-refractivity contribution in [1.82, 2.24) is 14.5 Å². The number of aryl methyl sites for hydroxylation is 1. The van der Waals surface area contributed by atoms with E-state index in [4.69, 9.17) is 0 Å². The van der Waals surface area contributed by atoms with E-state index in [9.17, 15) is 4.79 Å². The number of aromatic nitrogens is 3. The van der Waals surface area contributed by atoms with Gasteiger partial charge in [0.15, 0.2) is 0 Å². The zero-order valence-corrected chi connectivity index (χ0v) is 9.54. The van der Waals surface area contributed by atoms with Crippen molar-refractivity contribution in [3.8, 4) is 0 Å². The highest BCUT2D eigenvalue weighted by Crippen LogP contribution is 2.17. The quantitative estimate of drug-likeness (QED) is 0.745. The van der Waals surface area contributed by atoms with Gasteiger partial charge in [0.2, 0.25) is 0 Å². The monoisotopic (exact) mass is 301 g/mol. The minimum Gasteiger partial charge on any atom is -0.345 e. The molecule has 4 nitrogen and oxygen atoms in total. The zero-order chi connectivity index (χ0) is 9.71. The number of H-pyrrole nitrogens is 1. The topological polar surface area (TPSA) is 50.7 Å². The molecule has 3 heterocycles. The van der Waals surface area contributed by atoms with Crippen molar-refractivity contribution in [1.29, 1.82) is 0 Å². The lowest BCUT2D eigenvalue weighted by molar-refractivity contribution is 0.719. The Morgan fingerprint density at radius 2 is 2.43 bits per heavy atom. The maximum absolute atomic E-state index is 12.0. The van der Waals surface area contributed by atoms with Gasteiger partial charge in [-0.05, 0) is 29.0 Å². The van der Waals surface area contributed by atoms with Crippen molar-refractivity contribution in [2.75, 3.05) is 0 Å². The number of halogens is 1. The van der Waals surface area contributed by atoms with Crippen molar-refractivity contribution in [2.45, 2.75) is 19.4 Å². The average Bonchev–Trinajstić information content (AvgIpc) is 2.74. The van der Waals surface area contributed by atoms with Crippen LogP contribution in [-0.2, 0) is 13.0 Å². The van der Waals surface area contributed by atoms with Crippen LogP contribution in [0.2, 0.25) is 0 Å². The van der Waals surface area contributed by atoms with E-state index < -0.39 is 0 Å². The SMILES string of the molecule is O=c1c2c(I)c[nH]c2nc2n1CCC2. The molecule has 0 radical (unpaired) electrons. The Bertz CT molecular complexity index is 569. The maximum atomic E-state index is 12.0. The lowest BCUT2D eigenvalue weighted by atomic mass is 10.3. The van der Waals surface area contributed by atoms with E-state index in [0.717, 1.165) is 39.8 Å². The minimum absolute atomic E-state index is 0.105. The third-order valence-electron chi connectivity index (χ3n) is 2.60. The molecule has 0 aliphatic carbocycles. The highest BCUT2D eigenvalue weighted by Gasteiger charge is 2.17. The van der Waals surface area contributed by atoms with Gasteiger partial charge >= 0.3 is 0 Å². The molecule has 2 aromatic heterocycles. The summed E-state index contributed by atoms with van der Waals surface area (Å²) < 4.78 is 2.75. The lowest BCUT2D eigenvalue weighted by Crippen LogP contribution is -2.20. The first-order valence-electron chi connectivity index (χ1n) is 4.53. The van der Waals surface area contributed by atoms with Gasteiger partial charge in [-0.25, -0.2) is 4.98 Å². The highest BCUT2D eigenvalue weighted by molar-refractivity contribution is 14.1. The van der Waals surface area contributed by atoms with Gasteiger partial charge < -0.3 is 4.98 Å². The van der Waals surface area contributed by atoms with E-state index in [1.54, 1.807) is 4.57 Å². The van der Waals surface area contributed by atoms with E-state index in [1.807, 2.05) is 6.20 Å². The second-order valence-electron chi connectivity index (χ2n) is 3.45. The molecule has 0 saturated heterocycles. The lowest BCUT2D eigenvalue weighted by Gasteiger charge is -2.01. The Morgan fingerprint density at radius 1 is 1.57 bits per heavy atom. The molecule has 0 atom stereocenters. The Morgan fingerprint density at radius 3 is 3.29 bits per heavy atom. The van der Waals surface area contributed by atoms with Crippen molar-refractivity contribution < 1.29 is 0 Å². The van der Waals surface area contributed by atoms with Crippen LogP contribution < -0.4 is 5.56 Å². The normalized spacial score (nSPS) is 14.9. The predicted octanol–water partition coefficient (Wildman–Crippen LogP) is 1.28. The van der Waals surface area contributed by atoms with Gasteiger partial charge in [-0.15, -0.1) is 0 Å². The van der Waals surface area contributed by atoms with Crippen LogP contribution >= 0.6 is 22.6 Å².